The Morgan fingerprint density at radius 2 is 1.85 bits per heavy atom. The lowest BCUT2D eigenvalue weighted by atomic mass is 10.2. The van der Waals surface area contributed by atoms with Crippen molar-refractivity contribution in [3.8, 4) is 0 Å². The molecule has 0 radical (unpaired) electrons. The Balaban J connectivity index is 2.50. The largest absolute Gasteiger partial charge is 0.478 e. The predicted molar refractivity (Wildman–Crippen MR) is 73.0 cm³/mol. The molecule has 108 valence electrons. The summed E-state index contributed by atoms with van der Waals surface area (Å²) in [6.45, 7) is 0.369. The van der Waals surface area contributed by atoms with Crippen LogP contribution in [0.2, 0.25) is 5.02 Å². The maximum Gasteiger partial charge on any atom is 0.335 e. The number of carbonyl (C=O) groups is 3. The van der Waals surface area contributed by atoms with Crippen molar-refractivity contribution in [1.82, 2.24) is 10.6 Å². The summed E-state index contributed by atoms with van der Waals surface area (Å²) in [4.78, 5) is 32.6. The van der Waals surface area contributed by atoms with Crippen LogP contribution in [0.3, 0.4) is 0 Å². The molecule has 20 heavy (non-hydrogen) atoms. The van der Waals surface area contributed by atoms with Gasteiger partial charge in [0.15, 0.2) is 0 Å². The number of halogens is 1. The first-order valence-electron chi connectivity index (χ1n) is 5.51. The lowest BCUT2D eigenvalue weighted by Gasteiger charge is -2.09. The maximum atomic E-state index is 11.5. The summed E-state index contributed by atoms with van der Waals surface area (Å²) >= 11 is 5.84. The first-order chi connectivity index (χ1) is 9.40. The molecule has 0 heterocycles. The Morgan fingerprint density at radius 3 is 2.40 bits per heavy atom. The number of rotatable bonds is 5. The molecular weight excluding hydrogens is 288 g/mol. The van der Waals surface area contributed by atoms with E-state index in [-0.39, 0.29) is 29.4 Å². The van der Waals surface area contributed by atoms with Crippen LogP contribution in [-0.4, -0.2) is 36.2 Å². The van der Waals surface area contributed by atoms with E-state index in [9.17, 15) is 14.4 Å². The topological polar surface area (TPSA) is 134 Å². The van der Waals surface area contributed by atoms with Gasteiger partial charge in [-0.25, -0.2) is 14.4 Å². The summed E-state index contributed by atoms with van der Waals surface area (Å²) in [5, 5.41) is 16.1. The van der Waals surface area contributed by atoms with Gasteiger partial charge in [0.05, 0.1) is 16.3 Å². The van der Waals surface area contributed by atoms with E-state index >= 15 is 0 Å². The Bertz CT molecular complexity index is 535. The number of carbonyl (C=O) groups excluding carboxylic acids is 2. The molecule has 0 aromatic heterocycles. The number of urea groups is 2. The molecule has 4 amide bonds. The molecule has 1 rings (SSSR count). The Kier molecular flexibility index (Phi) is 5.60. The third-order valence-corrected chi connectivity index (χ3v) is 2.49. The Hall–Kier alpha value is -2.48. The molecule has 0 fully saturated rings. The van der Waals surface area contributed by atoms with Crippen LogP contribution in [0.15, 0.2) is 18.2 Å². The highest BCUT2D eigenvalue weighted by atomic mass is 35.5. The molecule has 0 saturated carbocycles. The molecular formula is C11H13ClN4O4. The van der Waals surface area contributed by atoms with E-state index < -0.39 is 18.0 Å². The van der Waals surface area contributed by atoms with Crippen LogP contribution >= 0.6 is 11.6 Å². The minimum atomic E-state index is -1.11. The van der Waals surface area contributed by atoms with Crippen molar-refractivity contribution in [3.63, 3.8) is 0 Å². The minimum absolute atomic E-state index is 0.0200. The van der Waals surface area contributed by atoms with Gasteiger partial charge in [-0.05, 0) is 18.2 Å². The normalized spacial score (nSPS) is 9.65. The number of nitrogens with two attached hydrogens (primary N) is 1. The Labute approximate surface area is 119 Å². The zero-order valence-corrected chi connectivity index (χ0v) is 11.0. The SMILES string of the molecule is NC(=O)NCCNC(=O)Nc1ccc(C(=O)O)cc1Cl. The molecule has 8 nitrogen and oxygen atoms in total. The second-order valence-electron chi connectivity index (χ2n) is 3.67. The molecule has 0 aliphatic rings. The summed E-state index contributed by atoms with van der Waals surface area (Å²) < 4.78 is 0. The fraction of sp³-hybridized carbons (Fsp3) is 0.182. The number of aromatic carboxylic acids is 1. The van der Waals surface area contributed by atoms with Crippen molar-refractivity contribution in [1.29, 1.82) is 0 Å². The summed E-state index contributed by atoms with van der Waals surface area (Å²) in [5.41, 5.74) is 5.14. The van der Waals surface area contributed by atoms with Crippen molar-refractivity contribution < 1.29 is 19.5 Å². The van der Waals surface area contributed by atoms with Gasteiger partial charge in [-0.3, -0.25) is 0 Å². The third-order valence-electron chi connectivity index (χ3n) is 2.17. The standard InChI is InChI=1S/C11H13ClN4O4/c12-7-5-6(9(17)18)1-2-8(7)16-11(20)15-4-3-14-10(13)19/h1-2,5H,3-4H2,(H,17,18)(H3,13,14,19)(H2,15,16,20). The van der Waals surface area contributed by atoms with Crippen LogP contribution in [0.5, 0.6) is 0 Å². The zero-order valence-electron chi connectivity index (χ0n) is 10.3. The van der Waals surface area contributed by atoms with Crippen LogP contribution < -0.4 is 21.7 Å². The van der Waals surface area contributed by atoms with Gasteiger partial charge in [-0.15, -0.1) is 0 Å². The molecule has 0 unspecified atom stereocenters. The predicted octanol–water partition coefficient (Wildman–Crippen LogP) is 0.828. The van der Waals surface area contributed by atoms with Crippen LogP contribution in [0.1, 0.15) is 10.4 Å². The number of benzene rings is 1. The van der Waals surface area contributed by atoms with Crippen LogP contribution in [-0.2, 0) is 0 Å². The van der Waals surface area contributed by atoms with Gasteiger partial charge in [0.25, 0.3) is 0 Å². The molecule has 0 atom stereocenters. The number of amides is 4. The lowest BCUT2D eigenvalue weighted by Crippen LogP contribution is -2.38. The summed E-state index contributed by atoms with van der Waals surface area (Å²) in [6.07, 6.45) is 0. The van der Waals surface area contributed by atoms with E-state index in [4.69, 9.17) is 22.4 Å². The number of nitrogens with one attached hydrogen (secondary N) is 3. The van der Waals surface area contributed by atoms with Crippen molar-refractivity contribution in [2.75, 3.05) is 18.4 Å². The van der Waals surface area contributed by atoms with Gasteiger partial charge in [0, 0.05) is 13.1 Å². The number of hydrogen-bond donors (Lipinski definition) is 5. The first-order valence-corrected chi connectivity index (χ1v) is 5.89. The van der Waals surface area contributed by atoms with Gasteiger partial charge in [-0.1, -0.05) is 11.6 Å². The zero-order chi connectivity index (χ0) is 15.1. The van der Waals surface area contributed by atoms with Gasteiger partial charge < -0.3 is 26.8 Å². The molecule has 1 aromatic rings. The second kappa shape index (κ2) is 7.19. The van der Waals surface area contributed by atoms with Crippen molar-refractivity contribution in [2.45, 2.75) is 0 Å². The van der Waals surface area contributed by atoms with E-state index in [0.717, 1.165) is 0 Å². The van der Waals surface area contributed by atoms with Crippen LogP contribution in [0, 0.1) is 0 Å². The fourth-order valence-electron chi connectivity index (χ4n) is 1.28. The summed E-state index contributed by atoms with van der Waals surface area (Å²) in [5.74, 6) is -1.11. The maximum absolute atomic E-state index is 11.5. The van der Waals surface area contributed by atoms with E-state index in [0.29, 0.717) is 0 Å². The van der Waals surface area contributed by atoms with E-state index in [1.54, 1.807) is 0 Å². The molecule has 9 heteroatoms. The average molecular weight is 301 g/mol. The monoisotopic (exact) mass is 300 g/mol. The summed E-state index contributed by atoms with van der Waals surface area (Å²) in [6, 6.07) is 2.71. The molecule has 1 aromatic carbocycles. The van der Waals surface area contributed by atoms with E-state index in [1.165, 1.54) is 18.2 Å². The molecule has 0 aliphatic heterocycles. The highest BCUT2D eigenvalue weighted by Gasteiger charge is 2.09. The number of carboxylic acid groups (broad SMARTS) is 1. The number of anilines is 1. The van der Waals surface area contributed by atoms with Gasteiger partial charge in [0.1, 0.15) is 0 Å². The van der Waals surface area contributed by atoms with Gasteiger partial charge >= 0.3 is 18.0 Å². The van der Waals surface area contributed by atoms with E-state index in [2.05, 4.69) is 16.0 Å². The first kappa shape index (κ1) is 15.6. The van der Waals surface area contributed by atoms with Gasteiger partial charge in [-0.2, -0.15) is 0 Å². The summed E-state index contributed by atoms with van der Waals surface area (Å²) in [7, 11) is 0. The quantitative estimate of drug-likeness (QED) is 0.515. The third kappa shape index (κ3) is 5.02. The average Bonchev–Trinajstić information content (AvgIpc) is 2.36. The highest BCUT2D eigenvalue weighted by Crippen LogP contribution is 2.22. The minimum Gasteiger partial charge on any atom is -0.478 e. The molecule has 6 N–H and O–H groups in total. The molecule has 0 aliphatic carbocycles. The number of primary amides is 1. The van der Waals surface area contributed by atoms with Crippen molar-refractivity contribution in [3.05, 3.63) is 28.8 Å². The fourth-order valence-corrected chi connectivity index (χ4v) is 1.51. The molecule has 0 spiro atoms. The molecule has 0 saturated heterocycles. The second-order valence-corrected chi connectivity index (χ2v) is 4.08. The van der Waals surface area contributed by atoms with Crippen LogP contribution in [0.4, 0.5) is 15.3 Å². The van der Waals surface area contributed by atoms with Crippen molar-refractivity contribution >= 4 is 35.3 Å². The number of hydrogen-bond acceptors (Lipinski definition) is 3. The molecule has 0 bridgehead atoms. The van der Waals surface area contributed by atoms with E-state index in [1.807, 2.05) is 0 Å². The Morgan fingerprint density at radius 1 is 1.20 bits per heavy atom. The van der Waals surface area contributed by atoms with Crippen LogP contribution in [0.25, 0.3) is 0 Å². The number of carboxylic acids is 1. The lowest BCUT2D eigenvalue weighted by molar-refractivity contribution is 0.0697. The smallest absolute Gasteiger partial charge is 0.335 e. The highest BCUT2D eigenvalue weighted by molar-refractivity contribution is 6.34. The van der Waals surface area contributed by atoms with Crippen molar-refractivity contribution in [2.24, 2.45) is 5.73 Å². The van der Waals surface area contributed by atoms with Gasteiger partial charge in [0.2, 0.25) is 0 Å².